The fourth-order valence-corrected chi connectivity index (χ4v) is 2.63. The zero-order chi connectivity index (χ0) is 13.3. The number of Topliss-reactive ketones (excluding diaryl/α,β-unsaturated/α-hetero) is 1. The van der Waals surface area contributed by atoms with Gasteiger partial charge in [0.05, 0.1) is 5.69 Å². The molecule has 1 aromatic rings. The highest BCUT2D eigenvalue weighted by Gasteiger charge is 2.26. The summed E-state index contributed by atoms with van der Waals surface area (Å²) in [6, 6.07) is 5.15. The largest absolute Gasteiger partial charge is 0.366 e. The fourth-order valence-electron chi connectivity index (χ4n) is 2.63. The Morgan fingerprint density at radius 1 is 1.39 bits per heavy atom. The zero-order valence-electron chi connectivity index (χ0n) is 11.2. The molecule has 0 radical (unpaired) electrons. The summed E-state index contributed by atoms with van der Waals surface area (Å²) >= 11 is 0. The van der Waals surface area contributed by atoms with Gasteiger partial charge >= 0.3 is 0 Å². The van der Waals surface area contributed by atoms with E-state index >= 15 is 0 Å². The monoisotopic (exact) mass is 249 g/mol. The van der Waals surface area contributed by atoms with E-state index in [0.29, 0.717) is 23.2 Å². The smallest absolute Gasteiger partial charge is 0.159 e. The normalized spacial score (nSPS) is 24.1. The summed E-state index contributed by atoms with van der Waals surface area (Å²) in [5.41, 5.74) is 1.06. The van der Waals surface area contributed by atoms with E-state index in [0.717, 1.165) is 13.0 Å². The van der Waals surface area contributed by atoms with Crippen molar-refractivity contribution in [1.29, 1.82) is 0 Å². The molecule has 1 fully saturated rings. The Kier molecular flexibility index (Phi) is 3.69. The van der Waals surface area contributed by atoms with Gasteiger partial charge in [0.25, 0.3) is 0 Å². The summed E-state index contributed by atoms with van der Waals surface area (Å²) in [6.07, 6.45) is 2.30. The molecular weight excluding hydrogens is 229 g/mol. The molecule has 2 atom stereocenters. The molecule has 1 aliphatic rings. The molecule has 0 bridgehead atoms. The van der Waals surface area contributed by atoms with Gasteiger partial charge in [0, 0.05) is 18.2 Å². The van der Waals surface area contributed by atoms with Crippen LogP contribution >= 0.6 is 0 Å². The van der Waals surface area contributed by atoms with Crippen molar-refractivity contribution >= 4 is 11.5 Å². The van der Waals surface area contributed by atoms with E-state index in [1.165, 1.54) is 19.4 Å². The van der Waals surface area contributed by atoms with Gasteiger partial charge in [-0.3, -0.25) is 4.79 Å². The van der Waals surface area contributed by atoms with Gasteiger partial charge in [-0.15, -0.1) is 0 Å². The number of ketones is 1. The van der Waals surface area contributed by atoms with Crippen LogP contribution in [0.15, 0.2) is 18.2 Å². The molecule has 1 saturated heterocycles. The second kappa shape index (κ2) is 5.09. The molecule has 3 heteroatoms. The second-order valence-electron chi connectivity index (χ2n) is 5.28. The average Bonchev–Trinajstić information content (AvgIpc) is 2.33. The van der Waals surface area contributed by atoms with Crippen molar-refractivity contribution in [1.82, 2.24) is 0 Å². The van der Waals surface area contributed by atoms with Crippen LogP contribution in [-0.4, -0.2) is 18.4 Å². The molecule has 0 aliphatic carbocycles. The molecule has 2 unspecified atom stereocenters. The topological polar surface area (TPSA) is 20.3 Å². The second-order valence-corrected chi connectivity index (χ2v) is 5.28. The zero-order valence-corrected chi connectivity index (χ0v) is 11.2. The first-order chi connectivity index (χ1) is 8.50. The van der Waals surface area contributed by atoms with E-state index in [4.69, 9.17) is 0 Å². The summed E-state index contributed by atoms with van der Waals surface area (Å²) in [5, 5.41) is 0. The van der Waals surface area contributed by atoms with Gasteiger partial charge in [0.1, 0.15) is 5.82 Å². The van der Waals surface area contributed by atoms with Crippen LogP contribution in [0.4, 0.5) is 10.1 Å². The number of carbonyl (C=O) groups is 1. The number of nitrogens with zero attached hydrogens (tertiary/aromatic N) is 1. The van der Waals surface area contributed by atoms with Crippen molar-refractivity contribution in [2.24, 2.45) is 5.92 Å². The Morgan fingerprint density at radius 2 is 2.11 bits per heavy atom. The summed E-state index contributed by atoms with van der Waals surface area (Å²) in [5.74, 6) is 0.190. The van der Waals surface area contributed by atoms with Crippen LogP contribution in [0, 0.1) is 11.7 Å². The molecule has 2 rings (SSSR count). The number of piperidine rings is 1. The van der Waals surface area contributed by atoms with Gasteiger partial charge in [-0.25, -0.2) is 4.39 Å². The number of anilines is 1. The van der Waals surface area contributed by atoms with Crippen LogP contribution in [0.5, 0.6) is 0 Å². The molecule has 0 aromatic heterocycles. The van der Waals surface area contributed by atoms with E-state index in [1.807, 2.05) is 0 Å². The minimum absolute atomic E-state index is 0.0967. The third-order valence-electron chi connectivity index (χ3n) is 4.04. The lowest BCUT2D eigenvalue weighted by Gasteiger charge is -2.39. The fraction of sp³-hybridized carbons (Fsp3) is 0.533. The van der Waals surface area contributed by atoms with Crippen LogP contribution < -0.4 is 4.90 Å². The molecule has 1 aliphatic heterocycles. The molecule has 1 aromatic carbocycles. The lowest BCUT2D eigenvalue weighted by atomic mass is 9.91. The number of halogens is 1. The van der Waals surface area contributed by atoms with Crippen molar-refractivity contribution in [2.75, 3.05) is 11.4 Å². The molecule has 18 heavy (non-hydrogen) atoms. The molecular formula is C15H20FNO. The van der Waals surface area contributed by atoms with Gasteiger partial charge in [0.15, 0.2) is 5.78 Å². The van der Waals surface area contributed by atoms with E-state index in [2.05, 4.69) is 18.7 Å². The standard InChI is InChI=1S/C15H20FNO/c1-10-5-4-8-17(11(10)2)15-7-6-13(12(3)18)9-14(15)16/h6-7,9-11H,4-5,8H2,1-3H3. The minimum atomic E-state index is -0.288. The summed E-state index contributed by atoms with van der Waals surface area (Å²) in [7, 11) is 0. The van der Waals surface area contributed by atoms with Crippen molar-refractivity contribution < 1.29 is 9.18 Å². The SMILES string of the molecule is CC(=O)c1ccc(N2CCCC(C)C2C)c(F)c1. The highest BCUT2D eigenvalue weighted by molar-refractivity contribution is 5.94. The van der Waals surface area contributed by atoms with Gasteiger partial charge in [-0.2, -0.15) is 0 Å². The van der Waals surface area contributed by atoms with Crippen LogP contribution in [-0.2, 0) is 0 Å². The number of carbonyl (C=O) groups excluding carboxylic acids is 1. The van der Waals surface area contributed by atoms with E-state index in [9.17, 15) is 9.18 Å². The maximum Gasteiger partial charge on any atom is 0.159 e. The summed E-state index contributed by atoms with van der Waals surface area (Å²) < 4.78 is 14.1. The van der Waals surface area contributed by atoms with Crippen molar-refractivity contribution in [2.45, 2.75) is 39.7 Å². The van der Waals surface area contributed by atoms with Gasteiger partial charge in [0.2, 0.25) is 0 Å². The van der Waals surface area contributed by atoms with Crippen LogP contribution in [0.25, 0.3) is 0 Å². The van der Waals surface area contributed by atoms with E-state index in [1.54, 1.807) is 12.1 Å². The van der Waals surface area contributed by atoms with E-state index in [-0.39, 0.29) is 11.6 Å². The first-order valence-electron chi connectivity index (χ1n) is 6.58. The molecule has 0 spiro atoms. The third kappa shape index (κ3) is 2.40. The van der Waals surface area contributed by atoms with E-state index < -0.39 is 0 Å². The first kappa shape index (κ1) is 13.1. The van der Waals surface area contributed by atoms with Gasteiger partial charge in [-0.1, -0.05) is 6.92 Å². The molecule has 98 valence electrons. The molecule has 1 heterocycles. The van der Waals surface area contributed by atoms with Crippen molar-refractivity contribution in [3.8, 4) is 0 Å². The Bertz CT molecular complexity index is 458. The first-order valence-corrected chi connectivity index (χ1v) is 6.58. The summed E-state index contributed by atoms with van der Waals surface area (Å²) in [4.78, 5) is 13.3. The minimum Gasteiger partial charge on any atom is -0.366 e. The Hall–Kier alpha value is -1.38. The van der Waals surface area contributed by atoms with Gasteiger partial charge in [-0.05, 0) is 50.8 Å². The Balaban J connectivity index is 2.30. The van der Waals surface area contributed by atoms with Crippen LogP contribution in [0.2, 0.25) is 0 Å². The van der Waals surface area contributed by atoms with Crippen molar-refractivity contribution in [3.05, 3.63) is 29.6 Å². The molecule has 0 amide bonds. The number of hydrogen-bond acceptors (Lipinski definition) is 2. The highest BCUT2D eigenvalue weighted by Crippen LogP contribution is 2.30. The van der Waals surface area contributed by atoms with Crippen molar-refractivity contribution in [3.63, 3.8) is 0 Å². The highest BCUT2D eigenvalue weighted by atomic mass is 19.1. The molecule has 0 N–H and O–H groups in total. The van der Waals surface area contributed by atoms with Crippen LogP contribution in [0.1, 0.15) is 44.0 Å². The third-order valence-corrected chi connectivity index (χ3v) is 4.04. The number of hydrogen-bond donors (Lipinski definition) is 0. The lowest BCUT2D eigenvalue weighted by molar-refractivity contribution is 0.101. The predicted molar refractivity (Wildman–Crippen MR) is 71.6 cm³/mol. The molecule has 2 nitrogen and oxygen atoms in total. The maximum absolute atomic E-state index is 14.1. The van der Waals surface area contributed by atoms with Crippen LogP contribution in [0.3, 0.4) is 0 Å². The Labute approximate surface area is 108 Å². The summed E-state index contributed by atoms with van der Waals surface area (Å²) in [6.45, 7) is 6.70. The lowest BCUT2D eigenvalue weighted by Crippen LogP contribution is -2.42. The predicted octanol–water partition coefficient (Wildman–Crippen LogP) is 3.65. The number of rotatable bonds is 2. The number of benzene rings is 1. The molecule has 0 saturated carbocycles. The quantitative estimate of drug-likeness (QED) is 0.746. The van der Waals surface area contributed by atoms with Gasteiger partial charge < -0.3 is 4.90 Å². The maximum atomic E-state index is 14.1. The average molecular weight is 249 g/mol. The Morgan fingerprint density at radius 3 is 2.72 bits per heavy atom.